The van der Waals surface area contributed by atoms with Crippen LogP contribution in [-0.2, 0) is 14.0 Å². The van der Waals surface area contributed by atoms with Crippen LogP contribution in [0.25, 0.3) is 0 Å². The number of carbonyl (C=O) groups is 1. The number of nitriles is 1. The third-order valence-electron chi connectivity index (χ3n) is 5.05. The van der Waals surface area contributed by atoms with Gasteiger partial charge < -0.3 is 9.16 Å². The Bertz CT molecular complexity index is 600. The van der Waals surface area contributed by atoms with Gasteiger partial charge in [-0.05, 0) is 43.5 Å². The Hall–Kier alpha value is -1.33. The summed E-state index contributed by atoms with van der Waals surface area (Å²) in [5.74, 6) is -0.870. The van der Waals surface area contributed by atoms with E-state index in [-0.39, 0.29) is 30.6 Å². The third-order valence-corrected chi connectivity index (χ3v) is 9.56. The minimum absolute atomic E-state index is 0.00413. The molecule has 0 N–H and O–H groups in total. The van der Waals surface area contributed by atoms with Crippen LogP contribution in [-0.4, -0.2) is 32.7 Å². The van der Waals surface area contributed by atoms with Gasteiger partial charge in [0.1, 0.15) is 11.6 Å². The van der Waals surface area contributed by atoms with Crippen LogP contribution < -0.4 is 0 Å². The average molecular weight is 377 g/mol. The van der Waals surface area contributed by atoms with E-state index in [1.54, 1.807) is 26.1 Å². The average Bonchev–Trinajstić information content (AvgIpc) is 2.82. The predicted octanol–water partition coefficient (Wildman–Crippen LogP) is 4.88. The number of nitrogens with zero attached hydrogens (tertiary/aromatic N) is 1. The molecular formula is C17H26F3NO3Si. The monoisotopic (exact) mass is 377 g/mol. The smallest absolute Gasteiger partial charge is 0.416 e. The van der Waals surface area contributed by atoms with E-state index in [2.05, 4.69) is 0 Å². The molecule has 0 unspecified atom stereocenters. The molecule has 0 aliphatic heterocycles. The Morgan fingerprint density at radius 3 is 2.28 bits per heavy atom. The number of rotatable bonds is 4. The van der Waals surface area contributed by atoms with Gasteiger partial charge in [0, 0.05) is 6.42 Å². The van der Waals surface area contributed by atoms with Crippen molar-refractivity contribution in [2.45, 2.75) is 76.9 Å². The molecule has 0 heterocycles. The van der Waals surface area contributed by atoms with E-state index in [4.69, 9.17) is 9.16 Å². The largest absolute Gasteiger partial charge is 0.462 e. The van der Waals surface area contributed by atoms with Crippen LogP contribution in [0.4, 0.5) is 13.2 Å². The number of ether oxygens (including phenoxy) is 1. The van der Waals surface area contributed by atoms with Crippen molar-refractivity contribution in [3.63, 3.8) is 0 Å². The van der Waals surface area contributed by atoms with Crippen LogP contribution in [0.5, 0.6) is 0 Å². The van der Waals surface area contributed by atoms with Crippen LogP contribution in [0.1, 0.15) is 47.0 Å². The van der Waals surface area contributed by atoms with Gasteiger partial charge in [-0.3, -0.25) is 0 Å². The lowest BCUT2D eigenvalue weighted by Crippen LogP contribution is -2.55. The molecule has 25 heavy (non-hydrogen) atoms. The van der Waals surface area contributed by atoms with E-state index in [9.17, 15) is 23.2 Å². The number of carbonyl (C=O) groups excluding carboxylic acids is 1. The van der Waals surface area contributed by atoms with Crippen LogP contribution in [0, 0.1) is 11.3 Å². The van der Waals surface area contributed by atoms with E-state index in [0.717, 1.165) is 0 Å². The van der Waals surface area contributed by atoms with Crippen molar-refractivity contribution in [2.24, 2.45) is 0 Å². The number of esters is 1. The van der Waals surface area contributed by atoms with Crippen LogP contribution in [0.3, 0.4) is 0 Å². The second-order valence-corrected chi connectivity index (χ2v) is 12.6. The van der Waals surface area contributed by atoms with E-state index in [1.807, 2.05) is 20.8 Å². The van der Waals surface area contributed by atoms with Gasteiger partial charge in [0.05, 0.1) is 6.61 Å². The van der Waals surface area contributed by atoms with Gasteiger partial charge >= 0.3 is 12.1 Å². The molecule has 0 amide bonds. The van der Waals surface area contributed by atoms with Crippen molar-refractivity contribution in [3.05, 3.63) is 11.1 Å². The van der Waals surface area contributed by atoms with Gasteiger partial charge in [0.15, 0.2) is 13.9 Å². The molecule has 0 aromatic carbocycles. The van der Waals surface area contributed by atoms with Crippen molar-refractivity contribution in [3.8, 4) is 6.07 Å². The van der Waals surface area contributed by atoms with Crippen molar-refractivity contribution >= 4 is 14.3 Å². The lowest BCUT2D eigenvalue weighted by molar-refractivity contribution is -0.249. The molecule has 1 aliphatic rings. The molecule has 4 nitrogen and oxygen atoms in total. The van der Waals surface area contributed by atoms with Gasteiger partial charge in [0.25, 0.3) is 0 Å². The van der Waals surface area contributed by atoms with Crippen molar-refractivity contribution in [2.75, 3.05) is 6.61 Å². The van der Waals surface area contributed by atoms with Crippen molar-refractivity contribution in [1.29, 1.82) is 5.26 Å². The maximum atomic E-state index is 13.9. The summed E-state index contributed by atoms with van der Waals surface area (Å²) in [5, 5.41) is 8.80. The van der Waals surface area contributed by atoms with Crippen LogP contribution in [0.2, 0.25) is 18.1 Å². The minimum atomic E-state index is -4.58. The summed E-state index contributed by atoms with van der Waals surface area (Å²) in [6, 6.07) is 1.70. The zero-order valence-corrected chi connectivity index (χ0v) is 16.6. The molecule has 0 saturated heterocycles. The summed E-state index contributed by atoms with van der Waals surface area (Å²) in [6.45, 7) is 10.8. The van der Waals surface area contributed by atoms with E-state index < -0.39 is 37.5 Å². The summed E-state index contributed by atoms with van der Waals surface area (Å²) < 4.78 is 52.3. The highest BCUT2D eigenvalue weighted by molar-refractivity contribution is 6.74. The Kier molecular flexibility index (Phi) is 6.18. The molecule has 0 spiro atoms. The van der Waals surface area contributed by atoms with E-state index >= 15 is 0 Å². The van der Waals surface area contributed by atoms with E-state index in [1.165, 1.54) is 0 Å². The number of hydrogen-bond donors (Lipinski definition) is 0. The molecule has 1 atom stereocenters. The third kappa shape index (κ3) is 4.45. The molecule has 0 aromatic heterocycles. The quantitative estimate of drug-likeness (QED) is 0.303. The van der Waals surface area contributed by atoms with Crippen LogP contribution in [0.15, 0.2) is 11.1 Å². The van der Waals surface area contributed by atoms with Crippen molar-refractivity contribution in [1.82, 2.24) is 0 Å². The standard InChI is InChI=1S/C17H26F3NO3Si/c1-7-23-14(22)13(11-21)12-8-9-16(10-12,17(18,19)20)24-25(5,6)15(2,3)4/h7-10H2,1-6H3/t16-/m1/s1. The minimum Gasteiger partial charge on any atom is -0.462 e. The van der Waals surface area contributed by atoms with Crippen LogP contribution >= 0.6 is 0 Å². The molecule has 142 valence electrons. The van der Waals surface area contributed by atoms with Gasteiger partial charge in [-0.2, -0.15) is 18.4 Å². The maximum Gasteiger partial charge on any atom is 0.416 e. The highest BCUT2D eigenvalue weighted by Gasteiger charge is 2.61. The number of hydrogen-bond acceptors (Lipinski definition) is 4. The first-order chi connectivity index (χ1) is 11.2. The molecule has 0 radical (unpaired) electrons. The first-order valence-corrected chi connectivity index (χ1v) is 11.2. The molecule has 8 heteroatoms. The topological polar surface area (TPSA) is 59.3 Å². The van der Waals surface area contributed by atoms with Gasteiger partial charge in [0.2, 0.25) is 0 Å². The fourth-order valence-electron chi connectivity index (χ4n) is 2.59. The second-order valence-electron chi connectivity index (χ2n) is 7.84. The normalized spacial score (nSPS) is 24.0. The first-order valence-electron chi connectivity index (χ1n) is 8.27. The van der Waals surface area contributed by atoms with Gasteiger partial charge in [-0.25, -0.2) is 4.79 Å². The summed E-state index contributed by atoms with van der Waals surface area (Å²) in [4.78, 5) is 11.9. The van der Waals surface area contributed by atoms with Gasteiger partial charge in [-0.15, -0.1) is 0 Å². The summed E-state index contributed by atoms with van der Waals surface area (Å²) in [7, 11) is -2.71. The summed E-state index contributed by atoms with van der Waals surface area (Å²) in [5.41, 5.74) is -2.51. The summed E-state index contributed by atoms with van der Waals surface area (Å²) in [6.07, 6.45) is -5.37. The molecular weight excluding hydrogens is 351 g/mol. The van der Waals surface area contributed by atoms with E-state index in [0.29, 0.717) is 0 Å². The lowest BCUT2D eigenvalue weighted by atomic mass is 10.00. The molecule has 1 aliphatic carbocycles. The molecule has 1 fully saturated rings. The predicted molar refractivity (Wildman–Crippen MR) is 90.2 cm³/mol. The molecule has 0 aromatic rings. The zero-order chi connectivity index (χ0) is 19.7. The first kappa shape index (κ1) is 21.7. The number of halogens is 3. The van der Waals surface area contributed by atoms with Crippen molar-refractivity contribution < 1.29 is 27.1 Å². The molecule has 0 bridgehead atoms. The second kappa shape index (κ2) is 7.12. The zero-order valence-electron chi connectivity index (χ0n) is 15.6. The number of alkyl halides is 3. The Morgan fingerprint density at radius 1 is 1.32 bits per heavy atom. The highest BCUT2D eigenvalue weighted by Crippen LogP contribution is 2.52. The fraction of sp³-hybridized carbons (Fsp3) is 0.765. The Labute approximate surface area is 148 Å². The maximum absolute atomic E-state index is 13.9. The molecule has 1 saturated carbocycles. The Balaban J connectivity index is 3.30. The SMILES string of the molecule is CCOC(=O)C(C#N)=C1CC[C@](O[Si](C)(C)C(C)(C)C)(C(F)(F)F)C1. The Morgan fingerprint density at radius 2 is 1.88 bits per heavy atom. The fourth-order valence-corrected chi connectivity index (χ4v) is 4.16. The highest BCUT2D eigenvalue weighted by atomic mass is 28.4. The molecule has 1 rings (SSSR count). The van der Waals surface area contributed by atoms with Gasteiger partial charge in [-0.1, -0.05) is 20.8 Å². The summed E-state index contributed by atoms with van der Waals surface area (Å²) >= 11 is 0. The lowest BCUT2D eigenvalue weighted by Gasteiger charge is -2.44.